The predicted molar refractivity (Wildman–Crippen MR) is 74.1 cm³/mol. The Kier molecular flexibility index (Phi) is 3.09. The Balaban J connectivity index is 2.05. The third-order valence-electron chi connectivity index (χ3n) is 3.60. The molecule has 2 heterocycles. The van der Waals surface area contributed by atoms with Gasteiger partial charge in [0.05, 0.1) is 4.92 Å². The van der Waals surface area contributed by atoms with Crippen LogP contribution in [-0.4, -0.2) is 19.7 Å². The number of aryl methyl sites for hydroxylation is 1. The third kappa shape index (κ3) is 2.11. The summed E-state index contributed by atoms with van der Waals surface area (Å²) in [5.41, 5.74) is 6.99. The molecule has 0 spiro atoms. The van der Waals surface area contributed by atoms with Gasteiger partial charge in [0.1, 0.15) is 5.82 Å². The summed E-state index contributed by atoms with van der Waals surface area (Å²) in [6, 6.07) is 4.47. The van der Waals surface area contributed by atoms with Gasteiger partial charge >= 0.3 is 0 Å². The van der Waals surface area contributed by atoms with Gasteiger partial charge in [-0.05, 0) is 18.9 Å². The standard InChI is InChI=1S/C13H15N5O2/c14-11-8-9(18(19)20)5-6-10(11)13-16-15-12-4-2-1-3-7-17(12)13/h5-6,8H,1-4,7,14H2. The molecule has 7 heteroatoms. The molecule has 1 aliphatic heterocycles. The molecule has 0 unspecified atom stereocenters. The first-order valence-electron chi connectivity index (χ1n) is 6.63. The van der Waals surface area contributed by atoms with E-state index in [0.29, 0.717) is 17.1 Å². The van der Waals surface area contributed by atoms with Crippen LogP contribution in [0.25, 0.3) is 11.4 Å². The highest BCUT2D eigenvalue weighted by molar-refractivity contribution is 5.74. The van der Waals surface area contributed by atoms with E-state index in [4.69, 9.17) is 5.73 Å². The van der Waals surface area contributed by atoms with Crippen molar-refractivity contribution in [3.63, 3.8) is 0 Å². The van der Waals surface area contributed by atoms with Crippen molar-refractivity contribution in [3.8, 4) is 11.4 Å². The minimum atomic E-state index is -0.454. The van der Waals surface area contributed by atoms with E-state index in [1.54, 1.807) is 6.07 Å². The van der Waals surface area contributed by atoms with Crippen LogP contribution >= 0.6 is 0 Å². The molecule has 0 atom stereocenters. The summed E-state index contributed by atoms with van der Waals surface area (Å²) >= 11 is 0. The van der Waals surface area contributed by atoms with Gasteiger partial charge in [-0.3, -0.25) is 10.1 Å². The number of nitro benzene ring substituents is 1. The highest BCUT2D eigenvalue weighted by Gasteiger charge is 2.19. The molecule has 7 nitrogen and oxygen atoms in total. The topological polar surface area (TPSA) is 99.9 Å². The van der Waals surface area contributed by atoms with E-state index in [0.717, 1.165) is 31.6 Å². The van der Waals surface area contributed by atoms with Crippen LogP contribution in [0.1, 0.15) is 25.1 Å². The number of hydrogen-bond donors (Lipinski definition) is 1. The lowest BCUT2D eigenvalue weighted by Crippen LogP contribution is -2.04. The normalized spacial score (nSPS) is 14.6. The fourth-order valence-corrected chi connectivity index (χ4v) is 2.55. The number of fused-ring (bicyclic) bond motifs is 1. The quantitative estimate of drug-likeness (QED) is 0.513. The second-order valence-electron chi connectivity index (χ2n) is 4.93. The van der Waals surface area contributed by atoms with Crippen LogP contribution < -0.4 is 5.73 Å². The number of hydrogen-bond acceptors (Lipinski definition) is 5. The Labute approximate surface area is 115 Å². The highest BCUT2D eigenvalue weighted by Crippen LogP contribution is 2.29. The highest BCUT2D eigenvalue weighted by atomic mass is 16.6. The Bertz CT molecular complexity index is 665. The lowest BCUT2D eigenvalue weighted by Gasteiger charge is -2.08. The molecule has 3 rings (SSSR count). The van der Waals surface area contributed by atoms with Gasteiger partial charge in [0, 0.05) is 36.3 Å². The number of nitrogens with two attached hydrogens (primary N) is 1. The van der Waals surface area contributed by atoms with Crippen molar-refractivity contribution in [2.45, 2.75) is 32.2 Å². The van der Waals surface area contributed by atoms with Gasteiger partial charge in [0.2, 0.25) is 0 Å². The van der Waals surface area contributed by atoms with Crippen molar-refractivity contribution in [1.82, 2.24) is 14.8 Å². The van der Waals surface area contributed by atoms with Gasteiger partial charge < -0.3 is 10.3 Å². The smallest absolute Gasteiger partial charge is 0.271 e. The zero-order chi connectivity index (χ0) is 14.1. The average molecular weight is 273 g/mol. The van der Waals surface area contributed by atoms with Crippen LogP contribution in [0.5, 0.6) is 0 Å². The third-order valence-corrected chi connectivity index (χ3v) is 3.60. The molecule has 0 radical (unpaired) electrons. The Morgan fingerprint density at radius 1 is 1.25 bits per heavy atom. The molecule has 1 aliphatic rings. The number of rotatable bonds is 2. The molecule has 0 aliphatic carbocycles. The van der Waals surface area contributed by atoms with E-state index >= 15 is 0 Å². The molecule has 104 valence electrons. The largest absolute Gasteiger partial charge is 0.398 e. The van der Waals surface area contributed by atoms with Gasteiger partial charge in [0.15, 0.2) is 5.82 Å². The number of benzene rings is 1. The minimum Gasteiger partial charge on any atom is -0.398 e. The summed E-state index contributed by atoms with van der Waals surface area (Å²) in [7, 11) is 0. The first kappa shape index (κ1) is 12.6. The summed E-state index contributed by atoms with van der Waals surface area (Å²) in [6.07, 6.45) is 4.30. The fraction of sp³-hybridized carbons (Fsp3) is 0.385. The Morgan fingerprint density at radius 3 is 2.85 bits per heavy atom. The van der Waals surface area contributed by atoms with Gasteiger partial charge in [-0.15, -0.1) is 10.2 Å². The minimum absolute atomic E-state index is 0.0122. The van der Waals surface area contributed by atoms with Crippen molar-refractivity contribution >= 4 is 11.4 Å². The molecular formula is C13H15N5O2. The predicted octanol–water partition coefficient (Wildman–Crippen LogP) is 2.16. The second-order valence-corrected chi connectivity index (χ2v) is 4.93. The van der Waals surface area contributed by atoms with Crippen molar-refractivity contribution in [2.75, 3.05) is 5.73 Å². The van der Waals surface area contributed by atoms with E-state index in [1.807, 2.05) is 0 Å². The van der Waals surface area contributed by atoms with Crippen molar-refractivity contribution in [3.05, 3.63) is 34.1 Å². The van der Waals surface area contributed by atoms with Crippen LogP contribution in [0.2, 0.25) is 0 Å². The van der Waals surface area contributed by atoms with Crippen LogP contribution in [0.15, 0.2) is 18.2 Å². The maximum atomic E-state index is 10.7. The molecule has 0 bridgehead atoms. The van der Waals surface area contributed by atoms with Crippen molar-refractivity contribution in [2.24, 2.45) is 0 Å². The lowest BCUT2D eigenvalue weighted by atomic mass is 10.1. The maximum absolute atomic E-state index is 10.7. The van der Waals surface area contributed by atoms with Crippen LogP contribution in [0.4, 0.5) is 11.4 Å². The van der Waals surface area contributed by atoms with Crippen LogP contribution in [-0.2, 0) is 13.0 Å². The van der Waals surface area contributed by atoms with Gasteiger partial charge in [-0.25, -0.2) is 0 Å². The van der Waals surface area contributed by atoms with Crippen LogP contribution in [0, 0.1) is 10.1 Å². The number of non-ortho nitro benzene ring substituents is 1. The summed E-state index contributed by atoms with van der Waals surface area (Å²) in [5, 5.41) is 19.2. The fourth-order valence-electron chi connectivity index (χ4n) is 2.55. The summed E-state index contributed by atoms with van der Waals surface area (Å²) in [4.78, 5) is 10.3. The number of anilines is 1. The molecule has 0 saturated carbocycles. The summed E-state index contributed by atoms with van der Waals surface area (Å²) < 4.78 is 2.07. The van der Waals surface area contributed by atoms with E-state index < -0.39 is 4.92 Å². The Morgan fingerprint density at radius 2 is 2.10 bits per heavy atom. The summed E-state index contributed by atoms with van der Waals surface area (Å²) in [5.74, 6) is 1.67. The molecule has 2 N–H and O–H groups in total. The second kappa shape index (κ2) is 4.92. The number of aromatic nitrogens is 3. The van der Waals surface area contributed by atoms with Gasteiger partial charge in [-0.1, -0.05) is 6.42 Å². The molecule has 1 aromatic carbocycles. The summed E-state index contributed by atoms with van der Waals surface area (Å²) in [6.45, 7) is 0.869. The molecule has 0 amide bonds. The molecule has 0 fully saturated rings. The van der Waals surface area contributed by atoms with Gasteiger partial charge in [0.25, 0.3) is 5.69 Å². The zero-order valence-electron chi connectivity index (χ0n) is 11.0. The average Bonchev–Trinajstić information content (AvgIpc) is 2.67. The van der Waals surface area contributed by atoms with Gasteiger partial charge in [-0.2, -0.15) is 0 Å². The number of nitrogens with zero attached hydrogens (tertiary/aromatic N) is 4. The first-order valence-corrected chi connectivity index (χ1v) is 6.63. The van der Waals surface area contributed by atoms with E-state index in [9.17, 15) is 10.1 Å². The van der Waals surface area contributed by atoms with E-state index in [-0.39, 0.29) is 5.69 Å². The zero-order valence-corrected chi connectivity index (χ0v) is 11.0. The number of nitrogen functional groups attached to an aromatic ring is 1. The molecule has 20 heavy (non-hydrogen) atoms. The van der Waals surface area contributed by atoms with Crippen LogP contribution in [0.3, 0.4) is 0 Å². The number of nitro groups is 1. The van der Waals surface area contributed by atoms with E-state index in [2.05, 4.69) is 14.8 Å². The molecule has 2 aromatic rings. The molecule has 1 aromatic heterocycles. The molecular weight excluding hydrogens is 258 g/mol. The lowest BCUT2D eigenvalue weighted by molar-refractivity contribution is -0.384. The maximum Gasteiger partial charge on any atom is 0.271 e. The first-order chi connectivity index (χ1) is 9.66. The molecule has 0 saturated heterocycles. The SMILES string of the molecule is Nc1cc([N+](=O)[O-])ccc1-c1nnc2n1CCCCC2. The van der Waals surface area contributed by atoms with E-state index in [1.165, 1.54) is 18.6 Å². The Hall–Kier alpha value is -2.44. The monoisotopic (exact) mass is 273 g/mol. The van der Waals surface area contributed by atoms with Crippen molar-refractivity contribution in [1.29, 1.82) is 0 Å². The van der Waals surface area contributed by atoms with Crippen molar-refractivity contribution < 1.29 is 4.92 Å².